The third-order valence-electron chi connectivity index (χ3n) is 12.5. The summed E-state index contributed by atoms with van der Waals surface area (Å²) in [4.78, 5) is 13.8. The summed E-state index contributed by atoms with van der Waals surface area (Å²) in [6, 6.07) is 61.2. The Labute approximate surface area is 317 Å². The summed E-state index contributed by atoms with van der Waals surface area (Å²) in [6.45, 7) is 4.70. The van der Waals surface area contributed by atoms with Gasteiger partial charge in [-0.15, -0.1) is 0 Å². The second-order valence-corrected chi connectivity index (χ2v) is 15.7. The van der Waals surface area contributed by atoms with Crippen molar-refractivity contribution in [3.63, 3.8) is 0 Å². The van der Waals surface area contributed by atoms with Gasteiger partial charge in [0.25, 0.3) is 5.56 Å². The van der Waals surface area contributed by atoms with E-state index < -0.39 is 0 Å². The van der Waals surface area contributed by atoms with Crippen LogP contribution in [-0.4, -0.2) is 8.97 Å². The Morgan fingerprint density at radius 3 is 1.85 bits per heavy atom. The first-order valence-corrected chi connectivity index (χ1v) is 19.1. The number of hydrogen-bond acceptors (Lipinski definition) is 1. The predicted molar refractivity (Wildman–Crippen MR) is 230 cm³/mol. The fourth-order valence-corrected chi connectivity index (χ4v) is 9.82. The Balaban J connectivity index is 0.963. The van der Waals surface area contributed by atoms with Gasteiger partial charge in [0.05, 0.1) is 22.1 Å². The third-order valence-corrected chi connectivity index (χ3v) is 12.5. The van der Waals surface area contributed by atoms with Gasteiger partial charge >= 0.3 is 0 Å². The van der Waals surface area contributed by atoms with E-state index in [1.54, 1.807) is 0 Å². The summed E-state index contributed by atoms with van der Waals surface area (Å²) in [5, 5.41) is 7.62. The largest absolute Gasteiger partial charge is 0.309 e. The number of pyridine rings is 1. The molecule has 1 aliphatic rings. The van der Waals surface area contributed by atoms with E-state index in [-0.39, 0.29) is 11.0 Å². The molecule has 0 radical (unpaired) electrons. The zero-order valence-corrected chi connectivity index (χ0v) is 30.5. The fourth-order valence-electron chi connectivity index (χ4n) is 9.82. The van der Waals surface area contributed by atoms with Crippen molar-refractivity contribution in [3.05, 3.63) is 191 Å². The Morgan fingerprint density at radius 2 is 1.02 bits per heavy atom. The molecule has 258 valence electrons. The van der Waals surface area contributed by atoms with Gasteiger partial charge in [0, 0.05) is 43.4 Å². The van der Waals surface area contributed by atoms with Crippen LogP contribution in [0.3, 0.4) is 0 Å². The lowest BCUT2D eigenvalue weighted by atomic mass is 9.82. The summed E-state index contributed by atoms with van der Waals surface area (Å²) in [7, 11) is 0. The first-order chi connectivity index (χ1) is 27.0. The van der Waals surface area contributed by atoms with Gasteiger partial charge in [-0.3, -0.25) is 9.20 Å². The lowest BCUT2D eigenvalue weighted by molar-refractivity contribution is 0.661. The number of para-hydroxylation sites is 2. The summed E-state index contributed by atoms with van der Waals surface area (Å²) < 4.78 is 4.34. The van der Waals surface area contributed by atoms with E-state index in [2.05, 4.69) is 170 Å². The van der Waals surface area contributed by atoms with Gasteiger partial charge < -0.3 is 4.57 Å². The van der Waals surface area contributed by atoms with E-state index in [9.17, 15) is 4.79 Å². The lowest BCUT2D eigenvalue weighted by Crippen LogP contribution is -2.14. The van der Waals surface area contributed by atoms with Crippen molar-refractivity contribution in [2.75, 3.05) is 0 Å². The van der Waals surface area contributed by atoms with Gasteiger partial charge in [-0.05, 0) is 104 Å². The Hall–Kier alpha value is -6.97. The van der Waals surface area contributed by atoms with Gasteiger partial charge in [-0.1, -0.05) is 129 Å². The van der Waals surface area contributed by atoms with Crippen molar-refractivity contribution in [2.24, 2.45) is 0 Å². The maximum absolute atomic E-state index is 13.8. The standard InChI is InChI=1S/C52H34N2O/c1-52(2)45-19-7-5-14-37(45)42-30-49-44(29-46(42)52)38-15-6-8-20-47(38)53(49)35-24-21-31(22-25-35)32-11-9-12-33(27-32)34-23-26-48-43(28-34)40-18-10-17-39-36-13-3-4-16-41(36)51(55)54(48)50(39)40/h3-30H,1-2H3. The monoisotopic (exact) mass is 702 g/mol. The minimum atomic E-state index is -0.0487. The molecule has 1 aliphatic carbocycles. The Kier molecular flexibility index (Phi) is 5.99. The van der Waals surface area contributed by atoms with E-state index in [4.69, 9.17) is 0 Å². The smallest absolute Gasteiger partial charge is 0.263 e. The molecule has 0 saturated carbocycles. The normalized spacial score (nSPS) is 13.5. The molecule has 3 aromatic heterocycles. The van der Waals surface area contributed by atoms with E-state index in [0.717, 1.165) is 60.3 Å². The summed E-state index contributed by atoms with van der Waals surface area (Å²) in [6.07, 6.45) is 0. The highest BCUT2D eigenvalue weighted by molar-refractivity contribution is 6.20. The zero-order valence-electron chi connectivity index (χ0n) is 30.5. The molecule has 55 heavy (non-hydrogen) atoms. The average Bonchev–Trinajstić information content (AvgIpc) is 3.82. The maximum Gasteiger partial charge on any atom is 0.263 e. The number of nitrogens with zero attached hydrogens (tertiary/aromatic N) is 2. The van der Waals surface area contributed by atoms with Crippen LogP contribution >= 0.6 is 0 Å². The molecule has 3 nitrogen and oxygen atoms in total. The van der Waals surface area contributed by atoms with E-state index in [0.29, 0.717) is 0 Å². The summed E-state index contributed by atoms with van der Waals surface area (Å²) in [5.74, 6) is 0. The van der Waals surface area contributed by atoms with Crippen LogP contribution in [0, 0.1) is 0 Å². The van der Waals surface area contributed by atoms with Gasteiger partial charge in [0.1, 0.15) is 0 Å². The summed E-state index contributed by atoms with van der Waals surface area (Å²) in [5.41, 5.74) is 15.6. The minimum absolute atomic E-state index is 0.0339. The quantitative estimate of drug-likeness (QED) is 0.168. The molecule has 0 spiro atoms. The van der Waals surface area contributed by atoms with Gasteiger partial charge in [-0.2, -0.15) is 0 Å². The van der Waals surface area contributed by atoms with E-state index in [1.165, 1.54) is 49.6 Å². The van der Waals surface area contributed by atoms with E-state index in [1.807, 2.05) is 22.6 Å². The van der Waals surface area contributed by atoms with Crippen molar-refractivity contribution in [2.45, 2.75) is 19.3 Å². The first-order valence-electron chi connectivity index (χ1n) is 19.1. The van der Waals surface area contributed by atoms with Crippen LogP contribution in [0.15, 0.2) is 175 Å². The number of benzene rings is 8. The molecule has 11 aromatic rings. The number of aromatic nitrogens is 2. The van der Waals surface area contributed by atoms with Gasteiger partial charge in [-0.25, -0.2) is 0 Å². The molecular weight excluding hydrogens is 669 g/mol. The SMILES string of the molecule is CC1(C)c2ccccc2-c2cc3c(cc21)c1ccccc1n3-c1ccc(-c2cccc(-c3ccc4c(c3)c3cccc5c6ccccc6c(=O)n4c53)c2)cc1. The van der Waals surface area contributed by atoms with Gasteiger partial charge in [0.15, 0.2) is 0 Å². The first kappa shape index (κ1) is 30.5. The molecule has 0 saturated heterocycles. The topological polar surface area (TPSA) is 26.4 Å². The number of fused-ring (bicyclic) bond motifs is 11. The Bertz CT molecular complexity index is 3470. The molecule has 3 heteroatoms. The van der Waals surface area contributed by atoms with E-state index >= 15 is 0 Å². The number of rotatable bonds is 3. The highest BCUT2D eigenvalue weighted by Crippen LogP contribution is 2.51. The van der Waals surface area contributed by atoms with Crippen molar-refractivity contribution >= 4 is 59.8 Å². The van der Waals surface area contributed by atoms with Crippen LogP contribution in [0.5, 0.6) is 0 Å². The van der Waals surface area contributed by atoms with Crippen LogP contribution in [0.1, 0.15) is 25.0 Å². The molecule has 0 unspecified atom stereocenters. The van der Waals surface area contributed by atoms with Crippen molar-refractivity contribution in [1.82, 2.24) is 8.97 Å². The molecular formula is C52H34N2O. The lowest BCUT2D eigenvalue weighted by Gasteiger charge is -2.21. The van der Waals surface area contributed by atoms with Gasteiger partial charge in [0.2, 0.25) is 0 Å². The molecule has 0 N–H and O–H groups in total. The highest BCUT2D eigenvalue weighted by atomic mass is 16.1. The van der Waals surface area contributed by atoms with Crippen molar-refractivity contribution in [1.29, 1.82) is 0 Å². The zero-order chi connectivity index (χ0) is 36.6. The maximum atomic E-state index is 13.8. The molecule has 8 aromatic carbocycles. The highest BCUT2D eigenvalue weighted by Gasteiger charge is 2.36. The average molecular weight is 703 g/mol. The molecule has 0 atom stereocenters. The van der Waals surface area contributed by atoms with Crippen molar-refractivity contribution < 1.29 is 0 Å². The second kappa shape index (κ2) is 10.8. The fraction of sp³-hybridized carbons (Fsp3) is 0.0577. The molecule has 3 heterocycles. The van der Waals surface area contributed by atoms with Crippen LogP contribution in [0.25, 0.3) is 98.8 Å². The van der Waals surface area contributed by atoms with Crippen LogP contribution in [-0.2, 0) is 5.41 Å². The Morgan fingerprint density at radius 1 is 0.400 bits per heavy atom. The molecule has 0 fully saturated rings. The van der Waals surface area contributed by atoms with Crippen molar-refractivity contribution in [3.8, 4) is 39.1 Å². The van der Waals surface area contributed by atoms with Crippen LogP contribution in [0.2, 0.25) is 0 Å². The number of hydrogen-bond donors (Lipinski definition) is 0. The molecule has 0 bridgehead atoms. The molecule has 12 rings (SSSR count). The van der Waals surface area contributed by atoms with Crippen LogP contribution in [0.4, 0.5) is 0 Å². The predicted octanol–water partition coefficient (Wildman–Crippen LogP) is 12.9. The molecule has 0 aliphatic heterocycles. The summed E-state index contributed by atoms with van der Waals surface area (Å²) >= 11 is 0. The second-order valence-electron chi connectivity index (χ2n) is 15.7. The minimum Gasteiger partial charge on any atom is -0.309 e. The third kappa shape index (κ3) is 4.07. The van der Waals surface area contributed by atoms with Crippen LogP contribution < -0.4 is 5.56 Å². The molecule has 0 amide bonds.